The van der Waals surface area contributed by atoms with Crippen LogP contribution in [0, 0.1) is 0 Å². The van der Waals surface area contributed by atoms with Crippen molar-refractivity contribution in [3.05, 3.63) is 0 Å². The highest BCUT2D eigenvalue weighted by Gasteiger charge is 2.38. The molecule has 2 heteroatoms. The first-order valence-electron chi connectivity index (χ1n) is 3.98. The van der Waals surface area contributed by atoms with Crippen molar-refractivity contribution >= 4 is 15.9 Å². The molecule has 1 heterocycles. The van der Waals surface area contributed by atoms with Gasteiger partial charge in [0.2, 0.25) is 0 Å². The lowest BCUT2D eigenvalue weighted by Crippen LogP contribution is -2.42. The van der Waals surface area contributed by atoms with Gasteiger partial charge in [0.25, 0.3) is 0 Å². The summed E-state index contributed by atoms with van der Waals surface area (Å²) < 4.78 is 0. The Kier molecular flexibility index (Phi) is 2.41. The molecule has 1 rings (SSSR count). The summed E-state index contributed by atoms with van der Waals surface area (Å²) in [4.78, 5) is 3.20. The van der Waals surface area contributed by atoms with Crippen LogP contribution in [0.4, 0.5) is 0 Å². The van der Waals surface area contributed by atoms with Gasteiger partial charge in [-0.1, -0.05) is 22.9 Å². The molecule has 60 valence electrons. The fourth-order valence-corrected chi connectivity index (χ4v) is 2.17. The predicted molar refractivity (Wildman–Crippen MR) is 48.7 cm³/mol. The minimum absolute atomic E-state index is 0.370. The highest BCUT2D eigenvalue weighted by atomic mass is 79.9. The highest BCUT2D eigenvalue weighted by molar-refractivity contribution is 9.09. The maximum atomic E-state index is 3.70. The van der Waals surface area contributed by atoms with Crippen molar-refractivity contribution in [2.45, 2.75) is 37.6 Å². The van der Waals surface area contributed by atoms with Crippen molar-refractivity contribution < 1.29 is 0 Å². The molecule has 0 N–H and O–H groups in total. The first kappa shape index (κ1) is 8.54. The number of hydrogen-bond acceptors (Lipinski definition) is 1. The van der Waals surface area contributed by atoms with Crippen LogP contribution in [-0.2, 0) is 0 Å². The maximum Gasteiger partial charge on any atom is 0.0336 e. The molecule has 1 unspecified atom stereocenters. The summed E-state index contributed by atoms with van der Waals surface area (Å²) in [6.45, 7) is 9.27. The first-order chi connectivity index (χ1) is 4.59. The summed E-state index contributed by atoms with van der Waals surface area (Å²) in [5.41, 5.74) is 0.370. The van der Waals surface area contributed by atoms with E-state index in [-0.39, 0.29) is 0 Å². The van der Waals surface area contributed by atoms with Gasteiger partial charge in [-0.3, -0.25) is 4.90 Å². The summed E-state index contributed by atoms with van der Waals surface area (Å²) in [7, 11) is 0. The maximum absolute atomic E-state index is 3.70. The molecule has 0 spiro atoms. The van der Waals surface area contributed by atoms with Gasteiger partial charge in [0.05, 0.1) is 0 Å². The Balaban J connectivity index is 2.64. The van der Waals surface area contributed by atoms with Crippen LogP contribution in [-0.4, -0.2) is 28.4 Å². The lowest BCUT2D eigenvalue weighted by atomic mass is 10.0. The number of hydrogen-bond donors (Lipinski definition) is 0. The number of rotatable bonds is 1. The van der Waals surface area contributed by atoms with E-state index in [1.54, 1.807) is 0 Å². The van der Waals surface area contributed by atoms with E-state index in [0.29, 0.717) is 10.4 Å². The van der Waals surface area contributed by atoms with E-state index in [1.165, 1.54) is 19.5 Å². The van der Waals surface area contributed by atoms with Gasteiger partial charge < -0.3 is 0 Å². The Morgan fingerprint density at radius 1 is 1.60 bits per heavy atom. The average Bonchev–Trinajstić information content (AvgIpc) is 2.10. The van der Waals surface area contributed by atoms with Gasteiger partial charge in [0.1, 0.15) is 0 Å². The molecule has 1 aliphatic heterocycles. The van der Waals surface area contributed by atoms with E-state index in [4.69, 9.17) is 0 Å². The minimum Gasteiger partial charge on any atom is -0.297 e. The SMILES string of the molecule is CCN1CCC(Br)C1(C)C. The summed E-state index contributed by atoms with van der Waals surface area (Å²) in [6.07, 6.45) is 1.29. The Labute approximate surface area is 71.9 Å². The monoisotopic (exact) mass is 205 g/mol. The zero-order valence-electron chi connectivity index (χ0n) is 7.02. The Hall–Kier alpha value is 0.440. The van der Waals surface area contributed by atoms with Crippen molar-refractivity contribution in [1.82, 2.24) is 4.90 Å². The van der Waals surface area contributed by atoms with Crippen LogP contribution in [0.25, 0.3) is 0 Å². The number of nitrogens with zero attached hydrogens (tertiary/aromatic N) is 1. The molecule has 0 aromatic rings. The third-order valence-electron chi connectivity index (χ3n) is 2.62. The summed E-state index contributed by atoms with van der Waals surface area (Å²) >= 11 is 3.70. The van der Waals surface area contributed by atoms with Gasteiger partial charge in [-0.25, -0.2) is 0 Å². The Morgan fingerprint density at radius 2 is 2.20 bits per heavy atom. The molecular formula is C8H16BrN. The van der Waals surface area contributed by atoms with Gasteiger partial charge in [-0.05, 0) is 33.4 Å². The average molecular weight is 206 g/mol. The van der Waals surface area contributed by atoms with E-state index in [1.807, 2.05) is 0 Å². The van der Waals surface area contributed by atoms with Crippen LogP contribution in [0.2, 0.25) is 0 Å². The predicted octanol–water partition coefficient (Wildman–Crippen LogP) is 2.25. The molecule has 0 amide bonds. The van der Waals surface area contributed by atoms with Crippen LogP contribution >= 0.6 is 15.9 Å². The molecule has 10 heavy (non-hydrogen) atoms. The molecule has 1 fully saturated rings. The second-order valence-corrected chi connectivity index (χ2v) is 4.59. The van der Waals surface area contributed by atoms with Crippen LogP contribution in [0.3, 0.4) is 0 Å². The van der Waals surface area contributed by atoms with Gasteiger partial charge in [-0.15, -0.1) is 0 Å². The fourth-order valence-electron chi connectivity index (χ4n) is 1.67. The highest BCUT2D eigenvalue weighted by Crippen LogP contribution is 2.33. The van der Waals surface area contributed by atoms with E-state index in [2.05, 4.69) is 41.6 Å². The molecule has 0 bridgehead atoms. The van der Waals surface area contributed by atoms with Gasteiger partial charge in [0.15, 0.2) is 0 Å². The molecular weight excluding hydrogens is 190 g/mol. The van der Waals surface area contributed by atoms with Crippen molar-refractivity contribution in [2.24, 2.45) is 0 Å². The van der Waals surface area contributed by atoms with Crippen molar-refractivity contribution in [3.63, 3.8) is 0 Å². The first-order valence-corrected chi connectivity index (χ1v) is 4.89. The summed E-state index contributed by atoms with van der Waals surface area (Å²) in [5, 5.41) is 0. The Bertz CT molecular complexity index is 122. The van der Waals surface area contributed by atoms with Crippen LogP contribution in [0.1, 0.15) is 27.2 Å². The van der Waals surface area contributed by atoms with E-state index < -0.39 is 0 Å². The quantitative estimate of drug-likeness (QED) is 0.595. The van der Waals surface area contributed by atoms with Crippen LogP contribution < -0.4 is 0 Å². The Morgan fingerprint density at radius 3 is 2.40 bits per heavy atom. The molecule has 1 nitrogen and oxygen atoms in total. The molecule has 0 aliphatic carbocycles. The van der Waals surface area contributed by atoms with Gasteiger partial charge >= 0.3 is 0 Å². The second-order valence-electron chi connectivity index (χ2n) is 3.49. The summed E-state index contributed by atoms with van der Waals surface area (Å²) in [5.74, 6) is 0. The fraction of sp³-hybridized carbons (Fsp3) is 1.00. The normalized spacial score (nSPS) is 33.0. The lowest BCUT2D eigenvalue weighted by Gasteiger charge is -2.32. The van der Waals surface area contributed by atoms with E-state index in [0.717, 1.165) is 0 Å². The molecule has 1 saturated heterocycles. The zero-order chi connectivity index (χ0) is 7.78. The molecule has 1 aliphatic rings. The van der Waals surface area contributed by atoms with E-state index in [9.17, 15) is 0 Å². The molecule has 1 atom stereocenters. The number of alkyl halides is 1. The second kappa shape index (κ2) is 2.82. The van der Waals surface area contributed by atoms with Crippen molar-refractivity contribution in [2.75, 3.05) is 13.1 Å². The molecule has 0 aromatic heterocycles. The lowest BCUT2D eigenvalue weighted by molar-refractivity contribution is 0.189. The third-order valence-corrected chi connectivity index (χ3v) is 4.19. The number of halogens is 1. The van der Waals surface area contributed by atoms with Crippen LogP contribution in [0.5, 0.6) is 0 Å². The van der Waals surface area contributed by atoms with Gasteiger partial charge in [0, 0.05) is 10.4 Å². The molecule has 0 aromatic carbocycles. The standard InChI is InChI=1S/C8H16BrN/c1-4-10-6-5-7(9)8(10,2)3/h7H,4-6H2,1-3H3. The summed E-state index contributed by atoms with van der Waals surface area (Å²) in [6, 6.07) is 0. The van der Waals surface area contributed by atoms with Crippen molar-refractivity contribution in [1.29, 1.82) is 0 Å². The topological polar surface area (TPSA) is 3.24 Å². The largest absolute Gasteiger partial charge is 0.297 e. The van der Waals surface area contributed by atoms with Gasteiger partial charge in [-0.2, -0.15) is 0 Å². The van der Waals surface area contributed by atoms with Crippen LogP contribution in [0.15, 0.2) is 0 Å². The molecule has 0 saturated carbocycles. The number of likely N-dealkylation sites (tertiary alicyclic amines) is 1. The third kappa shape index (κ3) is 1.24. The minimum atomic E-state index is 0.370. The van der Waals surface area contributed by atoms with Crippen molar-refractivity contribution in [3.8, 4) is 0 Å². The zero-order valence-corrected chi connectivity index (χ0v) is 8.61. The van der Waals surface area contributed by atoms with E-state index >= 15 is 0 Å². The molecule has 0 radical (unpaired) electrons. The smallest absolute Gasteiger partial charge is 0.0336 e.